The van der Waals surface area contributed by atoms with Crippen molar-refractivity contribution in [1.29, 1.82) is 0 Å². The summed E-state index contributed by atoms with van der Waals surface area (Å²) in [6.45, 7) is 5.02. The minimum absolute atomic E-state index is 0.106. The summed E-state index contributed by atoms with van der Waals surface area (Å²) in [5, 5.41) is 0. The lowest BCUT2D eigenvalue weighted by atomic mass is 9.90. The molecular weight excluding hydrogens is 262 g/mol. The standard InChI is InChI=1S/C13H27N3O2S/c1-15(8-9-16-6-2-3-7-16)13(12-14)4-10-19(17,18)11-5-13/h2-12,14H2,1H3. The van der Waals surface area contributed by atoms with Crippen molar-refractivity contribution in [2.45, 2.75) is 31.2 Å². The number of rotatable bonds is 5. The number of hydrogen-bond donors (Lipinski definition) is 1. The molecule has 6 heteroatoms. The monoisotopic (exact) mass is 289 g/mol. The van der Waals surface area contributed by atoms with Crippen LogP contribution in [0.15, 0.2) is 0 Å². The van der Waals surface area contributed by atoms with Crippen LogP contribution in [0.1, 0.15) is 25.7 Å². The van der Waals surface area contributed by atoms with Crippen molar-refractivity contribution < 1.29 is 8.42 Å². The highest BCUT2D eigenvalue weighted by atomic mass is 32.2. The number of sulfone groups is 1. The first-order chi connectivity index (χ1) is 8.97. The summed E-state index contributed by atoms with van der Waals surface area (Å²) in [6.07, 6.45) is 3.98. The molecule has 2 N–H and O–H groups in total. The van der Waals surface area contributed by atoms with Gasteiger partial charge in [-0.3, -0.25) is 4.90 Å². The molecule has 0 saturated carbocycles. The molecule has 2 saturated heterocycles. The highest BCUT2D eigenvalue weighted by Gasteiger charge is 2.39. The zero-order chi connectivity index (χ0) is 13.9. The summed E-state index contributed by atoms with van der Waals surface area (Å²) in [7, 11) is -0.723. The normalized spacial score (nSPS) is 26.9. The van der Waals surface area contributed by atoms with Gasteiger partial charge >= 0.3 is 0 Å². The van der Waals surface area contributed by atoms with E-state index in [0.29, 0.717) is 19.4 Å². The second-order valence-corrected chi connectivity index (χ2v) is 8.35. The van der Waals surface area contributed by atoms with E-state index in [-0.39, 0.29) is 17.0 Å². The van der Waals surface area contributed by atoms with Crippen molar-refractivity contribution in [3.05, 3.63) is 0 Å². The van der Waals surface area contributed by atoms with E-state index in [4.69, 9.17) is 5.73 Å². The van der Waals surface area contributed by atoms with Crippen LogP contribution in [-0.2, 0) is 9.84 Å². The zero-order valence-electron chi connectivity index (χ0n) is 12.0. The quantitative estimate of drug-likeness (QED) is 0.767. The molecule has 0 spiro atoms. The first-order valence-electron chi connectivity index (χ1n) is 7.32. The van der Waals surface area contributed by atoms with Gasteiger partial charge in [-0.1, -0.05) is 0 Å². The van der Waals surface area contributed by atoms with Crippen molar-refractivity contribution in [2.75, 3.05) is 51.3 Å². The molecule has 112 valence electrons. The summed E-state index contributed by atoms with van der Waals surface area (Å²) < 4.78 is 23.2. The summed E-state index contributed by atoms with van der Waals surface area (Å²) in [4.78, 5) is 4.79. The van der Waals surface area contributed by atoms with Crippen LogP contribution >= 0.6 is 0 Å². The minimum Gasteiger partial charge on any atom is -0.329 e. The van der Waals surface area contributed by atoms with Gasteiger partial charge in [0.2, 0.25) is 0 Å². The maximum Gasteiger partial charge on any atom is 0.150 e. The average Bonchev–Trinajstić information content (AvgIpc) is 2.90. The fraction of sp³-hybridized carbons (Fsp3) is 1.00. The largest absolute Gasteiger partial charge is 0.329 e. The van der Waals surface area contributed by atoms with E-state index >= 15 is 0 Å². The van der Waals surface area contributed by atoms with Crippen LogP contribution in [0.5, 0.6) is 0 Å². The van der Waals surface area contributed by atoms with Crippen molar-refractivity contribution in [2.24, 2.45) is 5.73 Å². The van der Waals surface area contributed by atoms with Crippen LogP contribution in [0, 0.1) is 0 Å². The Hall–Kier alpha value is -0.170. The highest BCUT2D eigenvalue weighted by Crippen LogP contribution is 2.28. The molecule has 0 aliphatic carbocycles. The molecule has 0 aromatic heterocycles. The Balaban J connectivity index is 1.89. The molecule has 0 amide bonds. The topological polar surface area (TPSA) is 66.6 Å². The molecule has 0 aromatic rings. The van der Waals surface area contributed by atoms with E-state index in [0.717, 1.165) is 13.1 Å². The third kappa shape index (κ3) is 3.68. The molecule has 2 heterocycles. The lowest BCUT2D eigenvalue weighted by Gasteiger charge is -2.44. The Morgan fingerprint density at radius 3 is 2.32 bits per heavy atom. The van der Waals surface area contributed by atoms with E-state index in [1.807, 2.05) is 0 Å². The van der Waals surface area contributed by atoms with Gasteiger partial charge in [-0.15, -0.1) is 0 Å². The molecule has 0 unspecified atom stereocenters. The second-order valence-electron chi connectivity index (χ2n) is 6.05. The first-order valence-corrected chi connectivity index (χ1v) is 9.14. The highest BCUT2D eigenvalue weighted by molar-refractivity contribution is 7.91. The lowest BCUT2D eigenvalue weighted by Crippen LogP contribution is -2.57. The van der Waals surface area contributed by atoms with Gasteiger partial charge < -0.3 is 10.6 Å². The van der Waals surface area contributed by atoms with Crippen molar-refractivity contribution in [3.8, 4) is 0 Å². The smallest absolute Gasteiger partial charge is 0.150 e. The number of nitrogens with zero attached hydrogens (tertiary/aromatic N) is 2. The van der Waals surface area contributed by atoms with E-state index in [1.165, 1.54) is 25.9 Å². The molecule has 0 atom stereocenters. The molecular formula is C13H27N3O2S. The second kappa shape index (κ2) is 6.08. The third-order valence-corrected chi connectivity index (χ3v) is 6.55. The van der Waals surface area contributed by atoms with Gasteiger partial charge in [-0.05, 0) is 45.8 Å². The Morgan fingerprint density at radius 1 is 1.21 bits per heavy atom. The van der Waals surface area contributed by atoms with Crippen molar-refractivity contribution >= 4 is 9.84 Å². The number of likely N-dealkylation sites (tertiary alicyclic amines) is 1. The molecule has 2 rings (SSSR count). The van der Waals surface area contributed by atoms with Gasteiger partial charge in [0, 0.05) is 25.2 Å². The number of hydrogen-bond acceptors (Lipinski definition) is 5. The minimum atomic E-state index is -2.82. The van der Waals surface area contributed by atoms with Gasteiger partial charge in [0.25, 0.3) is 0 Å². The maximum atomic E-state index is 11.6. The Bertz CT molecular complexity index is 377. The Kier molecular flexibility index (Phi) is 4.87. The fourth-order valence-corrected chi connectivity index (χ4v) is 4.78. The molecule has 19 heavy (non-hydrogen) atoms. The zero-order valence-corrected chi connectivity index (χ0v) is 12.8. The SMILES string of the molecule is CN(CCN1CCCC1)C1(CN)CCS(=O)(=O)CC1. The predicted molar refractivity (Wildman–Crippen MR) is 78.0 cm³/mol. The van der Waals surface area contributed by atoms with Gasteiger partial charge in [0.1, 0.15) is 9.84 Å². The van der Waals surface area contributed by atoms with E-state index in [9.17, 15) is 8.42 Å². The van der Waals surface area contributed by atoms with E-state index in [2.05, 4.69) is 16.8 Å². The number of likely N-dealkylation sites (N-methyl/N-ethyl adjacent to an activating group) is 1. The average molecular weight is 289 g/mol. The predicted octanol–water partition coefficient (Wildman–Crippen LogP) is -0.0799. The van der Waals surface area contributed by atoms with Crippen molar-refractivity contribution in [1.82, 2.24) is 9.80 Å². The summed E-state index contributed by atoms with van der Waals surface area (Å²) in [6, 6.07) is 0. The molecule has 2 aliphatic rings. The number of nitrogens with two attached hydrogens (primary N) is 1. The Morgan fingerprint density at radius 2 is 1.79 bits per heavy atom. The molecule has 5 nitrogen and oxygen atoms in total. The van der Waals surface area contributed by atoms with E-state index in [1.54, 1.807) is 0 Å². The summed E-state index contributed by atoms with van der Waals surface area (Å²) in [5.74, 6) is 0.580. The van der Waals surface area contributed by atoms with Crippen LogP contribution in [-0.4, -0.2) is 75.0 Å². The maximum absolute atomic E-state index is 11.6. The molecule has 0 bridgehead atoms. The van der Waals surface area contributed by atoms with Gasteiger partial charge in [-0.25, -0.2) is 8.42 Å². The van der Waals surface area contributed by atoms with Gasteiger partial charge in [-0.2, -0.15) is 0 Å². The Labute approximate surface area is 117 Å². The molecule has 0 radical (unpaired) electrons. The molecule has 0 aromatic carbocycles. The third-order valence-electron chi connectivity index (χ3n) is 4.90. The fourth-order valence-electron chi connectivity index (χ4n) is 3.19. The van der Waals surface area contributed by atoms with Crippen LogP contribution in [0.2, 0.25) is 0 Å². The molecule has 2 fully saturated rings. The van der Waals surface area contributed by atoms with Crippen LogP contribution in [0.4, 0.5) is 0 Å². The first kappa shape index (κ1) is 15.2. The lowest BCUT2D eigenvalue weighted by molar-refractivity contribution is 0.101. The van der Waals surface area contributed by atoms with Crippen LogP contribution in [0.3, 0.4) is 0 Å². The molecule has 2 aliphatic heterocycles. The summed E-state index contributed by atoms with van der Waals surface area (Å²) in [5.41, 5.74) is 5.86. The van der Waals surface area contributed by atoms with Crippen LogP contribution in [0.25, 0.3) is 0 Å². The van der Waals surface area contributed by atoms with Gasteiger partial charge in [0.05, 0.1) is 11.5 Å². The van der Waals surface area contributed by atoms with Crippen molar-refractivity contribution in [3.63, 3.8) is 0 Å². The van der Waals surface area contributed by atoms with Gasteiger partial charge in [0.15, 0.2) is 0 Å². The summed E-state index contributed by atoms with van der Waals surface area (Å²) >= 11 is 0. The van der Waals surface area contributed by atoms with E-state index < -0.39 is 9.84 Å². The van der Waals surface area contributed by atoms with Crippen LogP contribution < -0.4 is 5.73 Å².